The van der Waals surface area contributed by atoms with Crippen LogP contribution in [-0.2, 0) is 11.2 Å². The lowest BCUT2D eigenvalue weighted by Gasteiger charge is -2.29. The largest absolute Gasteiger partial charge is 0.388 e. The topological polar surface area (TPSA) is 92.9 Å². The second-order valence-corrected chi connectivity index (χ2v) is 6.61. The van der Waals surface area contributed by atoms with Crippen LogP contribution in [0.25, 0.3) is 0 Å². The van der Waals surface area contributed by atoms with Gasteiger partial charge in [0.15, 0.2) is 0 Å². The molecule has 0 saturated heterocycles. The fourth-order valence-electron chi connectivity index (χ4n) is 2.24. The van der Waals surface area contributed by atoms with E-state index in [9.17, 15) is 9.90 Å². The molecule has 130 valence electrons. The fourth-order valence-corrected chi connectivity index (χ4v) is 2.24. The Hall–Kier alpha value is -2.28. The molecule has 0 aliphatic heterocycles. The highest BCUT2D eigenvalue weighted by atomic mass is 16.3. The molecular weight excluding hydrogens is 306 g/mol. The maximum Gasteiger partial charge on any atom is 0.245 e. The van der Waals surface area contributed by atoms with Gasteiger partial charge in [0.1, 0.15) is 11.9 Å². The average molecular weight is 331 g/mol. The number of aryl methyl sites for hydroxylation is 1. The molecule has 1 amide bonds. The summed E-state index contributed by atoms with van der Waals surface area (Å²) in [5, 5.41) is 24.6. The summed E-state index contributed by atoms with van der Waals surface area (Å²) in [6.45, 7) is 7.48. The molecule has 0 fully saturated rings. The van der Waals surface area contributed by atoms with Crippen molar-refractivity contribution < 1.29 is 9.90 Å². The van der Waals surface area contributed by atoms with Gasteiger partial charge in [0.25, 0.3) is 0 Å². The highest BCUT2D eigenvalue weighted by molar-refractivity contribution is 5.80. The Balaban J connectivity index is 2.17. The number of hydrogen-bond acceptors (Lipinski definition) is 5. The number of nitrogens with one attached hydrogen (secondary N) is 1. The molecule has 1 heterocycles. The molecule has 2 aromatic rings. The number of nitrogens with zero attached hydrogens (tertiary/aromatic N) is 4. The number of amides is 1. The van der Waals surface area contributed by atoms with E-state index in [0.717, 1.165) is 5.56 Å². The van der Waals surface area contributed by atoms with Crippen molar-refractivity contribution in [2.75, 3.05) is 6.54 Å². The summed E-state index contributed by atoms with van der Waals surface area (Å²) in [5.41, 5.74) is 0.0472. The second-order valence-electron chi connectivity index (χ2n) is 6.61. The quantitative estimate of drug-likeness (QED) is 0.797. The molecule has 2 unspecified atom stereocenters. The molecule has 0 radical (unpaired) electrons. The standard InChI is InChI=1S/C17H25N5O2/c1-12(2)17(4,24)11-18-16(23)15(22-13(3)19-20-21-22)10-14-8-6-5-7-9-14/h5-9,12,15,24H,10-11H2,1-4H3,(H,18,23). The monoisotopic (exact) mass is 331 g/mol. The first-order valence-electron chi connectivity index (χ1n) is 8.09. The van der Waals surface area contributed by atoms with Crippen molar-refractivity contribution in [3.05, 3.63) is 41.7 Å². The molecule has 1 aromatic heterocycles. The molecule has 7 nitrogen and oxygen atoms in total. The van der Waals surface area contributed by atoms with E-state index in [1.165, 1.54) is 4.68 Å². The van der Waals surface area contributed by atoms with Crippen LogP contribution in [0.1, 0.15) is 38.2 Å². The molecule has 2 N–H and O–H groups in total. The highest BCUT2D eigenvalue weighted by Crippen LogP contribution is 2.17. The minimum atomic E-state index is -0.970. The molecule has 7 heteroatoms. The van der Waals surface area contributed by atoms with Gasteiger partial charge in [-0.3, -0.25) is 4.79 Å². The van der Waals surface area contributed by atoms with Crippen molar-refractivity contribution in [2.45, 2.75) is 45.8 Å². The predicted molar refractivity (Wildman–Crippen MR) is 90.2 cm³/mol. The third-order valence-corrected chi connectivity index (χ3v) is 4.39. The van der Waals surface area contributed by atoms with Crippen molar-refractivity contribution in [2.24, 2.45) is 5.92 Å². The second kappa shape index (κ2) is 7.53. The van der Waals surface area contributed by atoms with E-state index in [-0.39, 0.29) is 18.4 Å². The number of benzene rings is 1. The molecular formula is C17H25N5O2. The zero-order valence-electron chi connectivity index (χ0n) is 14.6. The lowest BCUT2D eigenvalue weighted by molar-refractivity contribution is -0.126. The SMILES string of the molecule is Cc1nnnn1C(Cc1ccccc1)C(=O)NCC(C)(O)C(C)C. The van der Waals surface area contributed by atoms with Gasteiger partial charge in [-0.1, -0.05) is 44.2 Å². The molecule has 0 aliphatic carbocycles. The lowest BCUT2D eigenvalue weighted by Crippen LogP contribution is -2.46. The van der Waals surface area contributed by atoms with Crippen LogP contribution in [-0.4, -0.2) is 43.4 Å². The molecule has 2 atom stereocenters. The van der Waals surface area contributed by atoms with E-state index in [0.29, 0.717) is 12.2 Å². The van der Waals surface area contributed by atoms with Crippen molar-refractivity contribution in [3.63, 3.8) is 0 Å². The van der Waals surface area contributed by atoms with Gasteiger partial charge in [-0.2, -0.15) is 0 Å². The van der Waals surface area contributed by atoms with Crippen LogP contribution in [0.5, 0.6) is 0 Å². The third-order valence-electron chi connectivity index (χ3n) is 4.39. The molecule has 24 heavy (non-hydrogen) atoms. The van der Waals surface area contributed by atoms with Crippen LogP contribution in [0, 0.1) is 12.8 Å². The summed E-state index contributed by atoms with van der Waals surface area (Å²) >= 11 is 0. The highest BCUT2D eigenvalue weighted by Gasteiger charge is 2.29. The third kappa shape index (κ3) is 4.38. The van der Waals surface area contributed by atoms with Gasteiger partial charge in [-0.05, 0) is 35.8 Å². The van der Waals surface area contributed by atoms with Crippen LogP contribution in [0.4, 0.5) is 0 Å². The Morgan fingerprint density at radius 2 is 2.00 bits per heavy atom. The minimum absolute atomic E-state index is 0.0279. The fraction of sp³-hybridized carbons (Fsp3) is 0.529. The summed E-state index contributed by atoms with van der Waals surface area (Å²) in [5.74, 6) is 0.386. The van der Waals surface area contributed by atoms with Crippen molar-refractivity contribution in [1.29, 1.82) is 0 Å². The zero-order chi connectivity index (χ0) is 17.7. The van der Waals surface area contributed by atoms with E-state index in [1.54, 1.807) is 13.8 Å². The Bertz CT molecular complexity index is 667. The van der Waals surface area contributed by atoms with Crippen LogP contribution in [0.15, 0.2) is 30.3 Å². The first kappa shape index (κ1) is 18.1. The Kier molecular flexibility index (Phi) is 5.66. The minimum Gasteiger partial charge on any atom is -0.388 e. The van der Waals surface area contributed by atoms with E-state index < -0.39 is 11.6 Å². The van der Waals surface area contributed by atoms with E-state index in [2.05, 4.69) is 20.8 Å². The Morgan fingerprint density at radius 1 is 1.33 bits per heavy atom. The number of tetrazole rings is 1. The number of carbonyl (C=O) groups is 1. The van der Waals surface area contributed by atoms with Gasteiger partial charge >= 0.3 is 0 Å². The van der Waals surface area contributed by atoms with Crippen molar-refractivity contribution >= 4 is 5.91 Å². The van der Waals surface area contributed by atoms with Gasteiger partial charge < -0.3 is 10.4 Å². The smallest absolute Gasteiger partial charge is 0.245 e. The summed E-state index contributed by atoms with van der Waals surface area (Å²) in [7, 11) is 0. The average Bonchev–Trinajstić information content (AvgIpc) is 2.97. The molecule has 0 bridgehead atoms. The first-order valence-corrected chi connectivity index (χ1v) is 8.09. The van der Waals surface area contributed by atoms with Crippen LogP contribution in [0.3, 0.4) is 0 Å². The lowest BCUT2D eigenvalue weighted by atomic mass is 9.92. The van der Waals surface area contributed by atoms with Gasteiger partial charge in [0.05, 0.1) is 5.60 Å². The van der Waals surface area contributed by atoms with E-state index in [4.69, 9.17) is 0 Å². The van der Waals surface area contributed by atoms with Gasteiger partial charge in [0, 0.05) is 13.0 Å². The van der Waals surface area contributed by atoms with Crippen molar-refractivity contribution in [1.82, 2.24) is 25.5 Å². The van der Waals surface area contributed by atoms with Gasteiger partial charge in [-0.15, -0.1) is 5.10 Å². The summed E-state index contributed by atoms with van der Waals surface area (Å²) in [4.78, 5) is 12.7. The summed E-state index contributed by atoms with van der Waals surface area (Å²) in [6, 6.07) is 9.15. The number of carbonyl (C=O) groups excluding carboxylic acids is 1. The maximum atomic E-state index is 12.7. The molecule has 1 aromatic carbocycles. The maximum absolute atomic E-state index is 12.7. The predicted octanol–water partition coefficient (Wildman–Crippen LogP) is 1.29. The molecule has 2 rings (SSSR count). The number of aromatic nitrogens is 4. The number of hydrogen-bond donors (Lipinski definition) is 2. The number of aliphatic hydroxyl groups is 1. The van der Waals surface area contributed by atoms with Gasteiger partial charge in [-0.25, -0.2) is 4.68 Å². The van der Waals surface area contributed by atoms with Crippen molar-refractivity contribution in [3.8, 4) is 0 Å². The van der Waals surface area contributed by atoms with Gasteiger partial charge in [0.2, 0.25) is 5.91 Å². The summed E-state index contributed by atoms with van der Waals surface area (Å²) < 4.78 is 1.52. The first-order chi connectivity index (χ1) is 11.3. The van der Waals surface area contributed by atoms with Crippen LogP contribution >= 0.6 is 0 Å². The molecule has 0 saturated carbocycles. The van der Waals surface area contributed by atoms with E-state index in [1.807, 2.05) is 44.2 Å². The molecule has 0 spiro atoms. The Morgan fingerprint density at radius 3 is 2.54 bits per heavy atom. The zero-order valence-corrected chi connectivity index (χ0v) is 14.6. The van der Waals surface area contributed by atoms with Crippen LogP contribution in [0.2, 0.25) is 0 Å². The van der Waals surface area contributed by atoms with E-state index >= 15 is 0 Å². The Labute approximate surface area is 142 Å². The summed E-state index contributed by atoms with van der Waals surface area (Å²) in [6.07, 6.45) is 0.475. The number of rotatable bonds is 7. The van der Waals surface area contributed by atoms with Crippen LogP contribution < -0.4 is 5.32 Å². The molecule has 0 aliphatic rings. The normalized spacial score (nSPS) is 15.1.